The number of carboxylic acid groups (broad SMARTS) is 1. The number of aromatic carboxylic acids is 1. The first kappa shape index (κ1) is 16.4. The number of halogens is 2. The number of amides is 2. The van der Waals surface area contributed by atoms with Gasteiger partial charge in [0.05, 0.1) is 17.8 Å². The maximum absolute atomic E-state index is 13.2. The average Bonchev–Trinajstić information content (AvgIpc) is 2.42. The van der Waals surface area contributed by atoms with Crippen LogP contribution in [-0.2, 0) is 0 Å². The monoisotopic (exact) mass is 296 g/mol. The summed E-state index contributed by atoms with van der Waals surface area (Å²) < 4.78 is 26.3. The van der Waals surface area contributed by atoms with E-state index >= 15 is 0 Å². The number of terminal acetylenes is 1. The Balaban J connectivity index is 3.06. The maximum atomic E-state index is 13.2. The molecule has 1 aromatic rings. The fraction of sp³-hybridized carbons (Fsp3) is 0.286. The van der Waals surface area contributed by atoms with Crippen molar-refractivity contribution in [3.05, 3.63) is 29.3 Å². The first-order chi connectivity index (χ1) is 9.90. The van der Waals surface area contributed by atoms with Crippen LogP contribution in [0.4, 0.5) is 19.3 Å². The van der Waals surface area contributed by atoms with E-state index in [1.54, 1.807) is 0 Å². The number of carbonyl (C=O) groups is 2. The molecule has 21 heavy (non-hydrogen) atoms. The fourth-order valence-electron chi connectivity index (χ4n) is 1.65. The number of carbonyl (C=O) groups excluding carboxylic acids is 1. The van der Waals surface area contributed by atoms with E-state index in [0.717, 1.165) is 0 Å². The summed E-state index contributed by atoms with van der Waals surface area (Å²) in [4.78, 5) is 24.2. The molecule has 0 aliphatic heterocycles. The molecule has 1 aromatic carbocycles. The van der Waals surface area contributed by atoms with Crippen LogP contribution in [0.15, 0.2) is 12.1 Å². The van der Waals surface area contributed by atoms with Gasteiger partial charge in [0.2, 0.25) is 0 Å². The van der Waals surface area contributed by atoms with E-state index in [0.29, 0.717) is 25.1 Å². The molecule has 0 fully saturated rings. The number of anilines is 1. The van der Waals surface area contributed by atoms with Gasteiger partial charge in [0, 0.05) is 12.6 Å². The third-order valence-corrected chi connectivity index (χ3v) is 2.60. The molecule has 112 valence electrons. The first-order valence-corrected chi connectivity index (χ1v) is 6.12. The third-order valence-electron chi connectivity index (χ3n) is 2.60. The van der Waals surface area contributed by atoms with E-state index in [-0.39, 0.29) is 12.2 Å². The largest absolute Gasteiger partial charge is 0.478 e. The van der Waals surface area contributed by atoms with Crippen LogP contribution in [0.5, 0.6) is 0 Å². The number of carboxylic acids is 1. The summed E-state index contributed by atoms with van der Waals surface area (Å²) in [5.41, 5.74) is -0.871. The van der Waals surface area contributed by atoms with Crippen LogP contribution in [0.2, 0.25) is 0 Å². The Morgan fingerprint density at radius 2 is 2.00 bits per heavy atom. The molecule has 0 aliphatic carbocycles. The Kier molecular flexibility index (Phi) is 5.67. The topological polar surface area (TPSA) is 69.6 Å². The van der Waals surface area contributed by atoms with Crippen LogP contribution >= 0.6 is 0 Å². The van der Waals surface area contributed by atoms with Crippen LogP contribution in [0.25, 0.3) is 0 Å². The standard InChI is InChI=1S/C14H14F2N2O3/c1-3-5-18(6-4-2)14(21)17-12-8-11(16)10(15)7-9(12)13(19)20/h1,7-8H,4-6H2,2H3,(H,17,21)(H,19,20). The predicted octanol–water partition coefficient (Wildman–Crippen LogP) is 2.54. The number of urea groups is 1. The summed E-state index contributed by atoms with van der Waals surface area (Å²) in [6, 6.07) is 0.457. The second-order valence-electron chi connectivity index (χ2n) is 4.17. The van der Waals surface area contributed by atoms with Gasteiger partial charge in [-0.25, -0.2) is 18.4 Å². The summed E-state index contributed by atoms with van der Waals surface area (Å²) in [5.74, 6) is -1.75. The minimum Gasteiger partial charge on any atom is -0.478 e. The molecular formula is C14H14F2N2O3. The van der Waals surface area contributed by atoms with Crippen molar-refractivity contribution in [1.82, 2.24) is 4.90 Å². The van der Waals surface area contributed by atoms with Gasteiger partial charge in [-0.1, -0.05) is 12.8 Å². The van der Waals surface area contributed by atoms with E-state index in [2.05, 4.69) is 11.2 Å². The summed E-state index contributed by atoms with van der Waals surface area (Å²) in [6.07, 6.45) is 5.78. The zero-order chi connectivity index (χ0) is 16.0. The molecule has 0 aliphatic rings. The van der Waals surface area contributed by atoms with E-state index in [9.17, 15) is 18.4 Å². The third kappa shape index (κ3) is 4.18. The van der Waals surface area contributed by atoms with E-state index in [1.807, 2.05) is 6.92 Å². The molecule has 0 saturated heterocycles. The Labute approximate surface area is 120 Å². The minimum absolute atomic E-state index is 0.0196. The van der Waals surface area contributed by atoms with Crippen molar-refractivity contribution >= 4 is 17.7 Å². The van der Waals surface area contributed by atoms with Gasteiger partial charge in [-0.3, -0.25) is 0 Å². The zero-order valence-corrected chi connectivity index (χ0v) is 11.3. The Hall–Kier alpha value is -2.62. The normalized spacial score (nSPS) is 9.81. The number of nitrogens with one attached hydrogen (secondary N) is 1. The smallest absolute Gasteiger partial charge is 0.337 e. The summed E-state index contributed by atoms with van der Waals surface area (Å²) in [7, 11) is 0. The van der Waals surface area contributed by atoms with Gasteiger partial charge in [-0.2, -0.15) is 0 Å². The molecule has 0 heterocycles. The second-order valence-corrected chi connectivity index (χ2v) is 4.17. The van der Waals surface area contributed by atoms with Gasteiger partial charge in [0.1, 0.15) is 0 Å². The van der Waals surface area contributed by atoms with Crippen molar-refractivity contribution in [2.24, 2.45) is 0 Å². The summed E-state index contributed by atoms with van der Waals surface area (Å²) >= 11 is 0. The van der Waals surface area contributed by atoms with Gasteiger partial charge in [0.15, 0.2) is 11.6 Å². The molecule has 2 N–H and O–H groups in total. The fourth-order valence-corrected chi connectivity index (χ4v) is 1.65. The van der Waals surface area contributed by atoms with Gasteiger partial charge < -0.3 is 15.3 Å². The van der Waals surface area contributed by atoms with E-state index in [1.165, 1.54) is 4.90 Å². The summed E-state index contributed by atoms with van der Waals surface area (Å²) in [6.45, 7) is 2.20. The van der Waals surface area contributed by atoms with Crippen LogP contribution < -0.4 is 5.32 Å². The average molecular weight is 296 g/mol. The zero-order valence-electron chi connectivity index (χ0n) is 11.3. The van der Waals surface area contributed by atoms with Crippen LogP contribution in [0, 0.1) is 24.0 Å². The molecule has 2 amide bonds. The minimum atomic E-state index is -1.48. The quantitative estimate of drug-likeness (QED) is 0.820. The lowest BCUT2D eigenvalue weighted by Crippen LogP contribution is -2.36. The highest BCUT2D eigenvalue weighted by Gasteiger charge is 2.19. The summed E-state index contributed by atoms with van der Waals surface area (Å²) in [5, 5.41) is 11.2. The van der Waals surface area contributed by atoms with Gasteiger partial charge in [-0.15, -0.1) is 6.42 Å². The van der Waals surface area contributed by atoms with Crippen molar-refractivity contribution in [3.63, 3.8) is 0 Å². The Morgan fingerprint density at radius 1 is 1.38 bits per heavy atom. The lowest BCUT2D eigenvalue weighted by Gasteiger charge is -2.20. The number of hydrogen-bond donors (Lipinski definition) is 2. The van der Waals surface area contributed by atoms with Crippen molar-refractivity contribution in [2.75, 3.05) is 18.4 Å². The number of rotatable bonds is 5. The molecule has 0 spiro atoms. The molecule has 0 aromatic heterocycles. The highest BCUT2D eigenvalue weighted by Crippen LogP contribution is 2.20. The molecule has 5 nitrogen and oxygen atoms in total. The molecule has 0 atom stereocenters. The molecule has 7 heteroatoms. The highest BCUT2D eigenvalue weighted by molar-refractivity contribution is 6.00. The predicted molar refractivity (Wildman–Crippen MR) is 73.0 cm³/mol. The molecule has 1 rings (SSSR count). The Morgan fingerprint density at radius 3 is 2.52 bits per heavy atom. The molecule has 0 bridgehead atoms. The first-order valence-electron chi connectivity index (χ1n) is 6.12. The van der Waals surface area contributed by atoms with Crippen LogP contribution in [0.1, 0.15) is 23.7 Å². The number of nitrogens with zero attached hydrogens (tertiary/aromatic N) is 1. The molecule has 0 radical (unpaired) electrons. The maximum Gasteiger partial charge on any atom is 0.337 e. The van der Waals surface area contributed by atoms with Crippen molar-refractivity contribution < 1.29 is 23.5 Å². The van der Waals surface area contributed by atoms with Crippen molar-refractivity contribution in [1.29, 1.82) is 0 Å². The lowest BCUT2D eigenvalue weighted by atomic mass is 10.1. The van der Waals surface area contributed by atoms with Crippen molar-refractivity contribution in [2.45, 2.75) is 13.3 Å². The highest BCUT2D eigenvalue weighted by atomic mass is 19.2. The van der Waals surface area contributed by atoms with Crippen molar-refractivity contribution in [3.8, 4) is 12.3 Å². The van der Waals surface area contributed by atoms with E-state index in [4.69, 9.17) is 11.5 Å². The number of hydrogen-bond acceptors (Lipinski definition) is 2. The van der Waals surface area contributed by atoms with Gasteiger partial charge >= 0.3 is 12.0 Å². The molecule has 0 unspecified atom stereocenters. The van der Waals surface area contributed by atoms with Gasteiger partial charge in [0.25, 0.3) is 0 Å². The Bertz CT molecular complexity index is 597. The molecule has 0 saturated carbocycles. The number of benzene rings is 1. The van der Waals surface area contributed by atoms with Gasteiger partial charge in [-0.05, 0) is 12.5 Å². The lowest BCUT2D eigenvalue weighted by molar-refractivity contribution is 0.0697. The molecular weight excluding hydrogens is 282 g/mol. The second kappa shape index (κ2) is 7.24. The van der Waals surface area contributed by atoms with Crippen LogP contribution in [0.3, 0.4) is 0 Å². The van der Waals surface area contributed by atoms with E-state index < -0.39 is 29.2 Å². The van der Waals surface area contributed by atoms with Crippen LogP contribution in [-0.4, -0.2) is 35.1 Å². The SMILES string of the molecule is C#CCN(CCC)C(=O)Nc1cc(F)c(F)cc1C(=O)O.